The molecule has 2 N–H and O–H groups in total. The predicted octanol–water partition coefficient (Wildman–Crippen LogP) is 1.29. The molecule has 0 aliphatic carbocycles. The van der Waals surface area contributed by atoms with Crippen molar-refractivity contribution in [3.05, 3.63) is 29.8 Å². The Morgan fingerprint density at radius 2 is 2.06 bits per heavy atom. The molecule has 0 saturated heterocycles. The van der Waals surface area contributed by atoms with E-state index in [2.05, 4.69) is 5.32 Å². The number of rotatable bonds is 6. The van der Waals surface area contributed by atoms with Gasteiger partial charge in [0.15, 0.2) is 6.61 Å². The monoisotopic (exact) mass is 237 g/mol. The van der Waals surface area contributed by atoms with Gasteiger partial charge in [-0.1, -0.05) is 19.1 Å². The standard InChI is InChI=1S/C12H15NO4/c1-2-7-13-11(14)8-17-10-6-4-3-5-9(10)12(15)16/h3-6H,2,7-8H2,1H3,(H,13,14)(H,15,16). The van der Waals surface area contributed by atoms with E-state index in [1.807, 2.05) is 6.92 Å². The number of nitrogens with one attached hydrogen (secondary N) is 1. The Bertz CT molecular complexity index is 403. The molecule has 5 heteroatoms. The molecule has 0 heterocycles. The topological polar surface area (TPSA) is 75.6 Å². The van der Waals surface area contributed by atoms with Gasteiger partial charge < -0.3 is 15.2 Å². The fourth-order valence-electron chi connectivity index (χ4n) is 1.23. The van der Waals surface area contributed by atoms with Crippen molar-refractivity contribution >= 4 is 11.9 Å². The Balaban J connectivity index is 2.57. The molecule has 0 unspecified atom stereocenters. The molecule has 0 atom stereocenters. The van der Waals surface area contributed by atoms with Crippen molar-refractivity contribution in [3.63, 3.8) is 0 Å². The minimum Gasteiger partial charge on any atom is -0.483 e. The molecule has 0 aliphatic heterocycles. The number of hydrogen-bond donors (Lipinski definition) is 2. The molecule has 1 amide bonds. The van der Waals surface area contributed by atoms with Crippen LogP contribution in [0.4, 0.5) is 0 Å². The summed E-state index contributed by atoms with van der Waals surface area (Å²) in [6.45, 7) is 2.36. The van der Waals surface area contributed by atoms with Crippen molar-refractivity contribution < 1.29 is 19.4 Å². The molecule has 0 bridgehead atoms. The van der Waals surface area contributed by atoms with Crippen LogP contribution in [0.3, 0.4) is 0 Å². The number of carbonyl (C=O) groups is 2. The lowest BCUT2D eigenvalue weighted by Crippen LogP contribution is -2.29. The van der Waals surface area contributed by atoms with E-state index in [9.17, 15) is 9.59 Å². The van der Waals surface area contributed by atoms with Crippen LogP contribution < -0.4 is 10.1 Å². The number of carbonyl (C=O) groups excluding carboxylic acids is 1. The van der Waals surface area contributed by atoms with E-state index in [0.717, 1.165) is 6.42 Å². The number of amides is 1. The van der Waals surface area contributed by atoms with Crippen LogP contribution in [0.1, 0.15) is 23.7 Å². The SMILES string of the molecule is CCCNC(=O)COc1ccccc1C(=O)O. The van der Waals surface area contributed by atoms with Gasteiger partial charge in [-0.15, -0.1) is 0 Å². The highest BCUT2D eigenvalue weighted by Crippen LogP contribution is 2.17. The van der Waals surface area contributed by atoms with Gasteiger partial charge in [-0.2, -0.15) is 0 Å². The highest BCUT2D eigenvalue weighted by Gasteiger charge is 2.11. The second kappa shape index (κ2) is 6.52. The minimum atomic E-state index is -1.07. The van der Waals surface area contributed by atoms with Crippen molar-refractivity contribution in [1.29, 1.82) is 0 Å². The van der Waals surface area contributed by atoms with E-state index in [4.69, 9.17) is 9.84 Å². The quantitative estimate of drug-likeness (QED) is 0.781. The van der Waals surface area contributed by atoms with E-state index >= 15 is 0 Å². The second-order valence-electron chi connectivity index (χ2n) is 3.44. The molecule has 5 nitrogen and oxygen atoms in total. The lowest BCUT2D eigenvalue weighted by Gasteiger charge is -2.08. The molecule has 0 radical (unpaired) electrons. The van der Waals surface area contributed by atoms with E-state index in [0.29, 0.717) is 6.54 Å². The van der Waals surface area contributed by atoms with Crippen LogP contribution in [-0.2, 0) is 4.79 Å². The molecular weight excluding hydrogens is 222 g/mol. The maximum absolute atomic E-state index is 11.3. The van der Waals surface area contributed by atoms with E-state index in [1.54, 1.807) is 12.1 Å². The fourth-order valence-corrected chi connectivity index (χ4v) is 1.23. The average molecular weight is 237 g/mol. The average Bonchev–Trinajstić information content (AvgIpc) is 2.34. The number of para-hydroxylation sites is 1. The van der Waals surface area contributed by atoms with Gasteiger partial charge >= 0.3 is 5.97 Å². The third-order valence-corrected chi connectivity index (χ3v) is 2.05. The van der Waals surface area contributed by atoms with Crippen molar-refractivity contribution in [2.75, 3.05) is 13.2 Å². The van der Waals surface area contributed by atoms with Crippen LogP contribution in [0, 0.1) is 0 Å². The van der Waals surface area contributed by atoms with Crippen LogP contribution in [-0.4, -0.2) is 30.1 Å². The van der Waals surface area contributed by atoms with Crippen LogP contribution >= 0.6 is 0 Å². The third-order valence-electron chi connectivity index (χ3n) is 2.05. The first kappa shape index (κ1) is 13.0. The summed E-state index contributed by atoms with van der Waals surface area (Å²) in [5.74, 6) is -1.13. The number of benzene rings is 1. The number of carboxylic acids is 1. The predicted molar refractivity (Wildman–Crippen MR) is 62.2 cm³/mol. The smallest absolute Gasteiger partial charge is 0.339 e. The first-order valence-electron chi connectivity index (χ1n) is 5.37. The number of aromatic carboxylic acids is 1. The Kier molecular flexibility index (Phi) is 5.00. The van der Waals surface area contributed by atoms with Gasteiger partial charge in [-0.3, -0.25) is 4.79 Å². The molecule has 92 valence electrons. The van der Waals surface area contributed by atoms with Crippen molar-refractivity contribution in [2.24, 2.45) is 0 Å². The summed E-state index contributed by atoms with van der Waals surface area (Å²) in [5, 5.41) is 11.5. The van der Waals surface area contributed by atoms with E-state index in [-0.39, 0.29) is 23.8 Å². The fraction of sp³-hybridized carbons (Fsp3) is 0.333. The Hall–Kier alpha value is -2.04. The van der Waals surface area contributed by atoms with Crippen molar-refractivity contribution in [3.8, 4) is 5.75 Å². The Morgan fingerprint density at radius 3 is 2.71 bits per heavy atom. The lowest BCUT2D eigenvalue weighted by atomic mass is 10.2. The van der Waals surface area contributed by atoms with Crippen molar-refractivity contribution in [2.45, 2.75) is 13.3 Å². The number of hydrogen-bond acceptors (Lipinski definition) is 3. The first-order valence-corrected chi connectivity index (χ1v) is 5.37. The molecule has 1 aromatic rings. The molecule has 0 fully saturated rings. The zero-order chi connectivity index (χ0) is 12.7. The van der Waals surface area contributed by atoms with Crippen LogP contribution in [0.5, 0.6) is 5.75 Å². The molecule has 17 heavy (non-hydrogen) atoms. The lowest BCUT2D eigenvalue weighted by molar-refractivity contribution is -0.123. The molecule has 0 saturated carbocycles. The number of carboxylic acid groups (broad SMARTS) is 1. The molecule has 1 aromatic carbocycles. The summed E-state index contributed by atoms with van der Waals surface area (Å²) in [7, 11) is 0. The zero-order valence-electron chi connectivity index (χ0n) is 9.60. The van der Waals surface area contributed by atoms with Gasteiger partial charge in [-0.05, 0) is 18.6 Å². The van der Waals surface area contributed by atoms with Gasteiger partial charge in [-0.25, -0.2) is 4.79 Å². The third kappa shape index (κ3) is 4.14. The molecule has 0 aromatic heterocycles. The summed E-state index contributed by atoms with van der Waals surface area (Å²) >= 11 is 0. The van der Waals surface area contributed by atoms with Crippen LogP contribution in [0.25, 0.3) is 0 Å². The maximum atomic E-state index is 11.3. The Labute approximate surface area is 99.4 Å². The highest BCUT2D eigenvalue weighted by molar-refractivity contribution is 5.91. The molecular formula is C12H15NO4. The Morgan fingerprint density at radius 1 is 1.35 bits per heavy atom. The molecule has 0 spiro atoms. The van der Waals surface area contributed by atoms with Gasteiger partial charge in [0.25, 0.3) is 5.91 Å². The van der Waals surface area contributed by atoms with Gasteiger partial charge in [0, 0.05) is 6.54 Å². The summed E-state index contributed by atoms with van der Waals surface area (Å²) in [6.07, 6.45) is 0.845. The minimum absolute atomic E-state index is 0.0517. The first-order chi connectivity index (χ1) is 8.15. The normalized spacial score (nSPS) is 9.71. The summed E-state index contributed by atoms with van der Waals surface area (Å²) < 4.78 is 5.16. The zero-order valence-corrected chi connectivity index (χ0v) is 9.60. The van der Waals surface area contributed by atoms with Crippen LogP contribution in [0.15, 0.2) is 24.3 Å². The van der Waals surface area contributed by atoms with Gasteiger partial charge in [0.05, 0.1) is 0 Å². The van der Waals surface area contributed by atoms with Gasteiger partial charge in [0.1, 0.15) is 11.3 Å². The molecule has 1 rings (SSSR count). The molecule has 0 aliphatic rings. The number of ether oxygens (including phenoxy) is 1. The maximum Gasteiger partial charge on any atom is 0.339 e. The van der Waals surface area contributed by atoms with E-state index in [1.165, 1.54) is 12.1 Å². The van der Waals surface area contributed by atoms with Gasteiger partial charge in [0.2, 0.25) is 0 Å². The second-order valence-corrected chi connectivity index (χ2v) is 3.44. The summed E-state index contributed by atoms with van der Waals surface area (Å²) in [5.41, 5.74) is 0.0517. The highest BCUT2D eigenvalue weighted by atomic mass is 16.5. The summed E-state index contributed by atoms with van der Waals surface area (Å²) in [4.78, 5) is 22.1. The largest absolute Gasteiger partial charge is 0.483 e. The summed E-state index contributed by atoms with van der Waals surface area (Å²) in [6, 6.07) is 6.22. The van der Waals surface area contributed by atoms with Crippen molar-refractivity contribution in [1.82, 2.24) is 5.32 Å². The van der Waals surface area contributed by atoms with E-state index < -0.39 is 5.97 Å². The van der Waals surface area contributed by atoms with Crippen LogP contribution in [0.2, 0.25) is 0 Å².